The molecule has 8 nitrogen and oxygen atoms in total. The van der Waals surface area contributed by atoms with Gasteiger partial charge in [0.25, 0.3) is 5.91 Å². The number of aromatic nitrogens is 1. The minimum Gasteiger partial charge on any atom is -0.384 e. The minimum absolute atomic E-state index is 0.0457. The first kappa shape index (κ1) is 25.5. The Hall–Kier alpha value is -3.58. The van der Waals surface area contributed by atoms with Crippen LogP contribution in [0.2, 0.25) is 0 Å². The number of rotatable bonds is 8. The molecule has 0 radical (unpaired) electrons. The van der Waals surface area contributed by atoms with E-state index in [1.807, 2.05) is 17.9 Å². The first-order chi connectivity index (χ1) is 17.3. The molecular weight excluding hydrogens is 468 g/mol. The van der Waals surface area contributed by atoms with Gasteiger partial charge in [0.1, 0.15) is 11.9 Å². The van der Waals surface area contributed by atoms with Crippen LogP contribution in [0.25, 0.3) is 11.1 Å². The van der Waals surface area contributed by atoms with Crippen LogP contribution < -0.4 is 10.2 Å². The number of benzene rings is 1. The van der Waals surface area contributed by atoms with Crippen LogP contribution in [0.1, 0.15) is 43.4 Å². The monoisotopic (exact) mass is 497 g/mol. The van der Waals surface area contributed by atoms with Crippen molar-refractivity contribution in [3.63, 3.8) is 0 Å². The molecule has 1 aromatic heterocycles. The van der Waals surface area contributed by atoms with Crippen molar-refractivity contribution in [2.45, 2.75) is 44.6 Å². The van der Waals surface area contributed by atoms with Gasteiger partial charge in [0.05, 0.1) is 24.3 Å². The van der Waals surface area contributed by atoms with Crippen molar-refractivity contribution in [1.29, 1.82) is 5.26 Å². The third kappa shape index (κ3) is 5.62. The number of hydrogen-bond donors (Lipinski definition) is 1. The van der Waals surface area contributed by atoms with Crippen LogP contribution in [0.5, 0.6) is 0 Å². The molecule has 36 heavy (non-hydrogen) atoms. The number of amides is 2. The Labute approximate surface area is 208 Å². The summed E-state index contributed by atoms with van der Waals surface area (Å²) >= 11 is 0. The van der Waals surface area contributed by atoms with Gasteiger partial charge < -0.3 is 19.9 Å². The number of carbonyl (C=O) groups is 2. The fourth-order valence-corrected chi connectivity index (χ4v) is 4.55. The van der Waals surface area contributed by atoms with E-state index < -0.39 is 12.3 Å². The lowest BCUT2D eigenvalue weighted by Crippen LogP contribution is -2.54. The normalized spacial score (nSPS) is 17.7. The summed E-state index contributed by atoms with van der Waals surface area (Å²) in [6.07, 6.45) is -0.823. The third-order valence-corrected chi connectivity index (χ3v) is 6.52. The first-order valence-electron chi connectivity index (χ1n) is 12.0. The highest BCUT2D eigenvalue weighted by atomic mass is 19.3. The molecule has 1 atom stereocenters. The van der Waals surface area contributed by atoms with Crippen LogP contribution in [-0.4, -0.2) is 67.5 Å². The third-order valence-electron chi connectivity index (χ3n) is 6.52. The maximum Gasteiger partial charge on any atom is 0.315 e. The first-order valence-corrected chi connectivity index (χ1v) is 12.0. The van der Waals surface area contributed by atoms with E-state index in [1.54, 1.807) is 31.4 Å². The molecule has 190 valence electrons. The average Bonchev–Trinajstić information content (AvgIpc) is 3.72. The van der Waals surface area contributed by atoms with Crippen molar-refractivity contribution >= 4 is 23.3 Å². The molecule has 2 fully saturated rings. The van der Waals surface area contributed by atoms with E-state index in [0.717, 1.165) is 24.1 Å². The van der Waals surface area contributed by atoms with Gasteiger partial charge in [-0.2, -0.15) is 14.0 Å². The van der Waals surface area contributed by atoms with Crippen LogP contribution in [0.3, 0.4) is 0 Å². The Morgan fingerprint density at radius 1 is 1.28 bits per heavy atom. The van der Waals surface area contributed by atoms with Gasteiger partial charge in [0.15, 0.2) is 0 Å². The molecule has 4 rings (SSSR count). The van der Waals surface area contributed by atoms with Gasteiger partial charge in [-0.05, 0) is 43.5 Å². The minimum atomic E-state index is -3.11. The van der Waals surface area contributed by atoms with E-state index in [9.17, 15) is 23.6 Å². The van der Waals surface area contributed by atoms with E-state index in [1.165, 1.54) is 0 Å². The number of piperazine rings is 1. The smallest absolute Gasteiger partial charge is 0.315 e. The molecule has 1 aliphatic heterocycles. The lowest BCUT2D eigenvalue weighted by Gasteiger charge is -2.41. The quantitative estimate of drug-likeness (QED) is 0.596. The summed E-state index contributed by atoms with van der Waals surface area (Å²) in [5.41, 5.74) is 2.97. The maximum absolute atomic E-state index is 12.7. The summed E-state index contributed by atoms with van der Waals surface area (Å²) in [4.78, 5) is 32.8. The SMILES string of the molecule is COCCC(=O)N1CCN(c2nc(C3CC3)c(-c3cccc(NC(=O)C(F)F)c3)cc2C#N)C[C@H]1C. The number of alkyl halides is 2. The van der Waals surface area contributed by atoms with E-state index in [4.69, 9.17) is 9.72 Å². The summed E-state index contributed by atoms with van der Waals surface area (Å²) in [6, 6.07) is 10.7. The number of ether oxygens (including phenoxy) is 1. The fourth-order valence-electron chi connectivity index (χ4n) is 4.55. The highest BCUT2D eigenvalue weighted by Gasteiger charge is 2.33. The number of anilines is 2. The van der Waals surface area contributed by atoms with Crippen molar-refractivity contribution in [2.24, 2.45) is 0 Å². The molecule has 10 heteroatoms. The molecule has 1 N–H and O–H groups in total. The van der Waals surface area contributed by atoms with Gasteiger partial charge >= 0.3 is 6.43 Å². The molecule has 2 aliphatic rings. The number of carbonyl (C=O) groups excluding carboxylic acids is 2. The number of methoxy groups -OCH3 is 1. The number of pyridine rings is 1. The second-order valence-electron chi connectivity index (χ2n) is 9.17. The van der Waals surface area contributed by atoms with E-state index in [0.29, 0.717) is 49.6 Å². The molecule has 0 bridgehead atoms. The summed E-state index contributed by atoms with van der Waals surface area (Å²) in [5, 5.41) is 12.2. The maximum atomic E-state index is 12.7. The van der Waals surface area contributed by atoms with Crippen LogP contribution in [-0.2, 0) is 14.3 Å². The van der Waals surface area contributed by atoms with Gasteiger partial charge in [0, 0.05) is 50.0 Å². The largest absolute Gasteiger partial charge is 0.384 e. The summed E-state index contributed by atoms with van der Waals surface area (Å²) in [7, 11) is 1.57. The Kier molecular flexibility index (Phi) is 7.79. The summed E-state index contributed by atoms with van der Waals surface area (Å²) in [6.45, 7) is 4.01. The Balaban J connectivity index is 1.62. The zero-order valence-electron chi connectivity index (χ0n) is 20.3. The van der Waals surface area contributed by atoms with Crippen LogP contribution in [0.15, 0.2) is 30.3 Å². The topological polar surface area (TPSA) is 98.6 Å². The van der Waals surface area contributed by atoms with Crippen LogP contribution in [0.4, 0.5) is 20.3 Å². The molecule has 2 heterocycles. The van der Waals surface area contributed by atoms with Crippen LogP contribution in [0, 0.1) is 11.3 Å². The lowest BCUT2D eigenvalue weighted by molar-refractivity contribution is -0.134. The number of halogens is 2. The van der Waals surface area contributed by atoms with Crippen molar-refractivity contribution in [1.82, 2.24) is 9.88 Å². The van der Waals surface area contributed by atoms with Gasteiger partial charge in [-0.15, -0.1) is 0 Å². The zero-order chi connectivity index (χ0) is 25.8. The number of nitrogens with one attached hydrogen (secondary N) is 1. The second kappa shape index (κ2) is 11.0. The molecule has 2 aromatic rings. The number of hydrogen-bond acceptors (Lipinski definition) is 6. The average molecular weight is 498 g/mol. The van der Waals surface area contributed by atoms with E-state index in [-0.39, 0.29) is 23.6 Å². The molecule has 1 aromatic carbocycles. The van der Waals surface area contributed by atoms with Crippen molar-refractivity contribution in [3.8, 4) is 17.2 Å². The van der Waals surface area contributed by atoms with E-state index in [2.05, 4.69) is 16.3 Å². The highest BCUT2D eigenvalue weighted by Crippen LogP contribution is 2.45. The lowest BCUT2D eigenvalue weighted by atomic mass is 9.98. The molecule has 1 saturated heterocycles. The fraction of sp³-hybridized carbons (Fsp3) is 0.462. The molecule has 0 unspecified atom stereocenters. The highest BCUT2D eigenvalue weighted by molar-refractivity contribution is 5.93. The van der Waals surface area contributed by atoms with Gasteiger partial charge in [0.2, 0.25) is 5.91 Å². The Morgan fingerprint density at radius 3 is 2.69 bits per heavy atom. The predicted molar refractivity (Wildman–Crippen MR) is 131 cm³/mol. The van der Waals surface area contributed by atoms with Crippen molar-refractivity contribution < 1.29 is 23.1 Å². The Bertz CT molecular complexity index is 1180. The standard InChI is InChI=1S/C26H29F2N5O3/c1-16-15-32(9-10-33(16)22(34)8-11-36-2)25-19(14-29)13-21(23(31-25)17-6-7-17)18-4-3-5-20(12-18)30-26(35)24(27)28/h3-5,12-13,16-17,24H,6-11,15H2,1-2H3,(H,30,35)/t16-/m1/s1. The van der Waals surface area contributed by atoms with Gasteiger partial charge in [-0.1, -0.05) is 12.1 Å². The summed E-state index contributed by atoms with van der Waals surface area (Å²) in [5.74, 6) is -0.471. The summed E-state index contributed by atoms with van der Waals surface area (Å²) < 4.78 is 30.4. The van der Waals surface area contributed by atoms with E-state index >= 15 is 0 Å². The molecule has 1 aliphatic carbocycles. The van der Waals surface area contributed by atoms with Crippen LogP contribution >= 0.6 is 0 Å². The molecule has 2 amide bonds. The molecule has 0 spiro atoms. The zero-order valence-corrected chi connectivity index (χ0v) is 20.3. The van der Waals surface area contributed by atoms with Gasteiger partial charge in [-0.3, -0.25) is 9.59 Å². The van der Waals surface area contributed by atoms with Gasteiger partial charge in [-0.25, -0.2) is 4.98 Å². The Morgan fingerprint density at radius 2 is 2.06 bits per heavy atom. The van der Waals surface area contributed by atoms with Crippen molar-refractivity contribution in [2.75, 3.05) is 43.6 Å². The number of nitriles is 1. The molecular formula is C26H29F2N5O3. The second-order valence-corrected chi connectivity index (χ2v) is 9.17. The number of nitrogens with zero attached hydrogens (tertiary/aromatic N) is 4. The molecule has 1 saturated carbocycles. The predicted octanol–water partition coefficient (Wildman–Crippen LogP) is 3.77. The van der Waals surface area contributed by atoms with Crippen molar-refractivity contribution in [3.05, 3.63) is 41.6 Å².